The van der Waals surface area contributed by atoms with Gasteiger partial charge in [0.2, 0.25) is 5.16 Å². The number of hydrogen-bond acceptors (Lipinski definition) is 6. The Kier molecular flexibility index (Phi) is 5.97. The zero-order valence-electron chi connectivity index (χ0n) is 11.9. The molecule has 0 atom stereocenters. The van der Waals surface area contributed by atoms with Crippen molar-refractivity contribution >= 4 is 11.8 Å². The van der Waals surface area contributed by atoms with E-state index in [0.29, 0.717) is 0 Å². The highest BCUT2D eigenvalue weighted by Crippen LogP contribution is 2.16. The van der Waals surface area contributed by atoms with Crippen molar-refractivity contribution in [2.75, 3.05) is 39.5 Å². The fourth-order valence-corrected chi connectivity index (χ4v) is 2.43. The fraction of sp³-hybridized carbons (Fsp3) is 0.462. The minimum absolute atomic E-state index is 0.825. The van der Waals surface area contributed by atoms with Crippen LogP contribution in [0.4, 0.5) is 0 Å². The van der Waals surface area contributed by atoms with Crippen molar-refractivity contribution in [2.24, 2.45) is 0 Å². The summed E-state index contributed by atoms with van der Waals surface area (Å²) in [5.41, 5.74) is 0.987. The molecule has 108 valence electrons. The maximum atomic E-state index is 4.07. The predicted octanol–water partition coefficient (Wildman–Crippen LogP) is 0.906. The molecule has 6 nitrogen and oxygen atoms in total. The monoisotopic (exact) mass is 292 g/mol. The van der Waals surface area contributed by atoms with Crippen molar-refractivity contribution in [2.45, 2.75) is 5.16 Å². The van der Waals surface area contributed by atoms with Crippen LogP contribution in [0.15, 0.2) is 35.5 Å². The summed E-state index contributed by atoms with van der Waals surface area (Å²) in [5.74, 6) is 0.945. The fourth-order valence-electron chi connectivity index (χ4n) is 1.64. The van der Waals surface area contributed by atoms with Gasteiger partial charge in [0.1, 0.15) is 0 Å². The van der Waals surface area contributed by atoms with Crippen molar-refractivity contribution in [3.8, 4) is 5.69 Å². The van der Waals surface area contributed by atoms with Gasteiger partial charge in [-0.25, -0.2) is 0 Å². The highest BCUT2D eigenvalue weighted by molar-refractivity contribution is 7.99. The lowest BCUT2D eigenvalue weighted by molar-refractivity contribution is 0.403. The van der Waals surface area contributed by atoms with Gasteiger partial charge >= 0.3 is 0 Å². The summed E-state index contributed by atoms with van der Waals surface area (Å²) in [4.78, 5) is 2.16. The molecule has 0 radical (unpaired) electrons. The van der Waals surface area contributed by atoms with Crippen LogP contribution in [-0.2, 0) is 0 Å². The molecule has 0 saturated carbocycles. The second kappa shape index (κ2) is 7.98. The van der Waals surface area contributed by atoms with Crippen LogP contribution in [0.2, 0.25) is 0 Å². The van der Waals surface area contributed by atoms with E-state index in [1.54, 1.807) is 16.4 Å². The van der Waals surface area contributed by atoms with Crippen LogP contribution < -0.4 is 5.32 Å². The SMILES string of the molecule is CN(C)CCNCCSc1nnnn1-c1ccccc1. The van der Waals surface area contributed by atoms with Crippen LogP contribution in [0.3, 0.4) is 0 Å². The number of benzene rings is 1. The molecule has 1 heterocycles. The van der Waals surface area contributed by atoms with Gasteiger partial charge in [-0.15, -0.1) is 5.10 Å². The first-order valence-electron chi connectivity index (χ1n) is 6.59. The lowest BCUT2D eigenvalue weighted by Gasteiger charge is -2.09. The summed E-state index contributed by atoms with van der Waals surface area (Å²) in [7, 11) is 4.15. The number of aromatic nitrogens is 4. The van der Waals surface area contributed by atoms with Crippen molar-refractivity contribution in [3.05, 3.63) is 30.3 Å². The van der Waals surface area contributed by atoms with Gasteiger partial charge < -0.3 is 10.2 Å². The van der Waals surface area contributed by atoms with Crippen LogP contribution in [0.5, 0.6) is 0 Å². The largest absolute Gasteiger partial charge is 0.315 e. The standard InChI is InChI=1S/C13H20N6S/c1-18(2)10-8-14-9-11-20-13-15-16-17-19(13)12-6-4-3-5-7-12/h3-7,14H,8-11H2,1-2H3. The first-order valence-corrected chi connectivity index (χ1v) is 7.58. The van der Waals surface area contributed by atoms with Gasteiger partial charge in [-0.3, -0.25) is 0 Å². The van der Waals surface area contributed by atoms with Gasteiger partial charge in [0.15, 0.2) is 0 Å². The molecule has 0 amide bonds. The number of tetrazole rings is 1. The third-order valence-corrected chi connectivity index (χ3v) is 3.61. The van der Waals surface area contributed by atoms with E-state index in [1.807, 2.05) is 30.3 Å². The second-order valence-electron chi connectivity index (χ2n) is 4.61. The van der Waals surface area contributed by atoms with E-state index in [2.05, 4.69) is 39.8 Å². The van der Waals surface area contributed by atoms with Crippen molar-refractivity contribution in [1.82, 2.24) is 30.4 Å². The second-order valence-corrected chi connectivity index (χ2v) is 5.67. The molecule has 1 aromatic heterocycles. The third kappa shape index (κ3) is 4.59. The minimum Gasteiger partial charge on any atom is -0.315 e. The van der Waals surface area contributed by atoms with Gasteiger partial charge in [-0.2, -0.15) is 4.68 Å². The van der Waals surface area contributed by atoms with Crippen molar-refractivity contribution in [1.29, 1.82) is 0 Å². The van der Waals surface area contributed by atoms with Crippen LogP contribution in [0.1, 0.15) is 0 Å². The van der Waals surface area contributed by atoms with Crippen LogP contribution in [0, 0.1) is 0 Å². The molecule has 1 aromatic carbocycles. The van der Waals surface area contributed by atoms with Crippen LogP contribution >= 0.6 is 11.8 Å². The summed E-state index contributed by atoms with van der Waals surface area (Å²) >= 11 is 1.66. The number of nitrogens with zero attached hydrogens (tertiary/aromatic N) is 5. The van der Waals surface area contributed by atoms with E-state index in [-0.39, 0.29) is 0 Å². The lowest BCUT2D eigenvalue weighted by Crippen LogP contribution is -2.28. The molecular formula is C13H20N6S. The topological polar surface area (TPSA) is 58.9 Å². The van der Waals surface area contributed by atoms with Crippen molar-refractivity contribution < 1.29 is 0 Å². The highest BCUT2D eigenvalue weighted by Gasteiger charge is 2.07. The Hall–Kier alpha value is -1.44. The average Bonchev–Trinajstić information content (AvgIpc) is 2.92. The smallest absolute Gasteiger partial charge is 0.214 e. The number of para-hydroxylation sites is 1. The van der Waals surface area contributed by atoms with E-state index in [1.165, 1.54) is 0 Å². The Labute approximate surface area is 123 Å². The Morgan fingerprint density at radius 3 is 2.75 bits per heavy atom. The maximum absolute atomic E-state index is 4.07. The average molecular weight is 292 g/mol. The number of nitrogens with one attached hydrogen (secondary N) is 1. The molecule has 1 N–H and O–H groups in total. The van der Waals surface area contributed by atoms with Crippen LogP contribution in [-0.4, -0.2) is 64.6 Å². The predicted molar refractivity (Wildman–Crippen MR) is 81.3 cm³/mol. The first-order chi connectivity index (χ1) is 9.77. The Morgan fingerprint density at radius 1 is 1.20 bits per heavy atom. The number of thioether (sulfide) groups is 1. The van der Waals surface area contributed by atoms with E-state index in [0.717, 1.165) is 36.2 Å². The zero-order chi connectivity index (χ0) is 14.2. The lowest BCUT2D eigenvalue weighted by atomic mass is 10.3. The van der Waals surface area contributed by atoms with Gasteiger partial charge in [0.05, 0.1) is 5.69 Å². The number of likely N-dealkylation sites (N-methyl/N-ethyl adjacent to an activating group) is 1. The summed E-state index contributed by atoms with van der Waals surface area (Å²) in [6.45, 7) is 2.99. The van der Waals surface area contributed by atoms with E-state index in [4.69, 9.17) is 0 Å². The van der Waals surface area contributed by atoms with Gasteiger partial charge in [0.25, 0.3) is 0 Å². The molecule has 0 spiro atoms. The third-order valence-electron chi connectivity index (χ3n) is 2.69. The maximum Gasteiger partial charge on any atom is 0.214 e. The Bertz CT molecular complexity index is 499. The molecular weight excluding hydrogens is 272 g/mol. The Balaban J connectivity index is 1.78. The van der Waals surface area contributed by atoms with E-state index >= 15 is 0 Å². The zero-order valence-corrected chi connectivity index (χ0v) is 12.7. The van der Waals surface area contributed by atoms with Crippen molar-refractivity contribution in [3.63, 3.8) is 0 Å². The molecule has 0 unspecified atom stereocenters. The van der Waals surface area contributed by atoms with Gasteiger partial charge in [-0.1, -0.05) is 30.0 Å². The molecule has 0 bridgehead atoms. The normalized spacial score (nSPS) is 11.2. The molecule has 0 saturated heterocycles. The molecule has 2 rings (SSSR count). The highest BCUT2D eigenvalue weighted by atomic mass is 32.2. The molecule has 0 fully saturated rings. The molecule has 0 aliphatic rings. The Morgan fingerprint density at radius 2 is 2.00 bits per heavy atom. The molecule has 0 aliphatic carbocycles. The summed E-state index contributed by atoms with van der Waals surface area (Å²) in [5, 5.41) is 16.1. The molecule has 0 aliphatic heterocycles. The number of rotatable bonds is 8. The van der Waals surface area contributed by atoms with E-state index < -0.39 is 0 Å². The molecule has 20 heavy (non-hydrogen) atoms. The minimum atomic E-state index is 0.825. The first kappa shape index (κ1) is 15.0. The number of hydrogen-bond donors (Lipinski definition) is 1. The van der Waals surface area contributed by atoms with Crippen LogP contribution in [0.25, 0.3) is 5.69 Å². The quantitative estimate of drug-likeness (QED) is 0.576. The van der Waals surface area contributed by atoms with Gasteiger partial charge in [-0.05, 0) is 36.7 Å². The summed E-state index contributed by atoms with van der Waals surface area (Å²) in [6, 6.07) is 9.93. The van der Waals surface area contributed by atoms with Gasteiger partial charge in [0, 0.05) is 25.4 Å². The molecule has 2 aromatic rings. The van der Waals surface area contributed by atoms with E-state index in [9.17, 15) is 0 Å². The summed E-state index contributed by atoms with van der Waals surface area (Å²) < 4.78 is 1.77. The molecule has 7 heteroatoms. The summed E-state index contributed by atoms with van der Waals surface area (Å²) in [6.07, 6.45) is 0.